The molecule has 25 heavy (non-hydrogen) atoms. The van der Waals surface area contributed by atoms with Crippen molar-refractivity contribution < 1.29 is 23.8 Å². The summed E-state index contributed by atoms with van der Waals surface area (Å²) in [6.45, 7) is -0.182. The molecule has 128 valence electrons. The van der Waals surface area contributed by atoms with Crippen molar-refractivity contribution in [2.75, 3.05) is 7.11 Å². The van der Waals surface area contributed by atoms with E-state index in [1.54, 1.807) is 24.3 Å². The number of imide groups is 1. The number of nitrogens with one attached hydrogen (secondary N) is 1. The van der Waals surface area contributed by atoms with Crippen molar-refractivity contribution >= 4 is 18.0 Å². The Kier molecular flexibility index (Phi) is 4.38. The molecule has 1 saturated heterocycles. The molecule has 0 aromatic heterocycles. The predicted octanol–water partition coefficient (Wildman–Crippen LogP) is 2.63. The number of methoxy groups -OCH3 is 1. The van der Waals surface area contributed by atoms with Gasteiger partial charge in [-0.05, 0) is 18.2 Å². The zero-order chi connectivity index (χ0) is 18.0. The lowest BCUT2D eigenvalue weighted by Gasteiger charge is -2.12. The smallest absolute Gasteiger partial charge is 0.329 e. The Morgan fingerprint density at radius 1 is 1.20 bits per heavy atom. The number of para-hydroxylation sites is 1. The van der Waals surface area contributed by atoms with Crippen LogP contribution in [0, 0.1) is 5.82 Å². The molecule has 2 N–H and O–H groups in total. The van der Waals surface area contributed by atoms with Gasteiger partial charge in [0.25, 0.3) is 5.91 Å². The molecular formula is C18H15FN2O4. The molecule has 1 aliphatic rings. The number of phenolic OH excluding ortho intramolecular Hbond substituents is 1. The minimum atomic E-state index is -0.651. The number of amides is 3. The van der Waals surface area contributed by atoms with Crippen molar-refractivity contribution in [1.29, 1.82) is 0 Å². The number of halogens is 1. The Labute approximate surface area is 143 Å². The van der Waals surface area contributed by atoms with E-state index in [4.69, 9.17) is 4.74 Å². The topological polar surface area (TPSA) is 78.9 Å². The first-order valence-corrected chi connectivity index (χ1v) is 7.45. The highest BCUT2D eigenvalue weighted by Crippen LogP contribution is 2.31. The highest BCUT2D eigenvalue weighted by atomic mass is 19.1. The fourth-order valence-electron chi connectivity index (χ4n) is 2.49. The maximum Gasteiger partial charge on any atom is 0.329 e. The number of phenols is 1. The summed E-state index contributed by atoms with van der Waals surface area (Å²) < 4.78 is 18.8. The summed E-state index contributed by atoms with van der Waals surface area (Å²) in [7, 11) is 1.41. The van der Waals surface area contributed by atoms with Gasteiger partial charge in [-0.3, -0.25) is 9.69 Å². The average Bonchev–Trinajstić information content (AvgIpc) is 2.86. The Hall–Kier alpha value is -3.35. The molecule has 3 amide bonds. The van der Waals surface area contributed by atoms with Gasteiger partial charge in [-0.25, -0.2) is 9.18 Å². The van der Waals surface area contributed by atoms with E-state index in [0.717, 1.165) is 4.90 Å². The van der Waals surface area contributed by atoms with Gasteiger partial charge in [0, 0.05) is 11.1 Å². The third kappa shape index (κ3) is 3.16. The van der Waals surface area contributed by atoms with E-state index in [9.17, 15) is 19.1 Å². The summed E-state index contributed by atoms with van der Waals surface area (Å²) in [6.07, 6.45) is 1.35. The summed E-state index contributed by atoms with van der Waals surface area (Å²) in [5.74, 6) is -0.997. The summed E-state index contributed by atoms with van der Waals surface area (Å²) in [5, 5.41) is 12.5. The first-order chi connectivity index (χ1) is 12.0. The second-order valence-corrected chi connectivity index (χ2v) is 5.37. The number of carbonyl (C=O) groups excluding carboxylic acids is 2. The second kappa shape index (κ2) is 6.64. The van der Waals surface area contributed by atoms with Crippen molar-refractivity contribution in [2.45, 2.75) is 6.54 Å². The molecule has 0 atom stereocenters. The number of urea groups is 1. The fourth-order valence-corrected chi connectivity index (χ4v) is 2.49. The van der Waals surface area contributed by atoms with Crippen LogP contribution in [-0.2, 0) is 11.3 Å². The monoisotopic (exact) mass is 342 g/mol. The average molecular weight is 342 g/mol. The lowest BCUT2D eigenvalue weighted by atomic mass is 10.1. The number of carbonyl (C=O) groups is 2. The molecule has 0 radical (unpaired) electrons. The first-order valence-electron chi connectivity index (χ1n) is 7.45. The summed E-state index contributed by atoms with van der Waals surface area (Å²) in [6, 6.07) is 10.1. The molecule has 6 nitrogen and oxygen atoms in total. The molecule has 0 saturated carbocycles. The van der Waals surface area contributed by atoms with Crippen LogP contribution in [0.25, 0.3) is 6.08 Å². The molecule has 0 bridgehead atoms. The van der Waals surface area contributed by atoms with E-state index < -0.39 is 17.8 Å². The van der Waals surface area contributed by atoms with Crippen LogP contribution in [0.3, 0.4) is 0 Å². The van der Waals surface area contributed by atoms with Crippen LogP contribution in [0.1, 0.15) is 11.1 Å². The number of hydrogen-bond acceptors (Lipinski definition) is 4. The standard InChI is InChI=1S/C18H15FN2O4/c1-25-15-8-4-6-11(16(15)22)9-14-17(23)21(18(24)20-14)10-12-5-2-3-7-13(12)19/h2-9,22H,10H2,1H3,(H,20,24)/b14-9+. The van der Waals surface area contributed by atoms with E-state index in [-0.39, 0.29) is 29.3 Å². The van der Waals surface area contributed by atoms with Gasteiger partial charge in [-0.2, -0.15) is 0 Å². The maximum absolute atomic E-state index is 13.7. The van der Waals surface area contributed by atoms with Gasteiger partial charge < -0.3 is 15.2 Å². The zero-order valence-corrected chi connectivity index (χ0v) is 13.3. The zero-order valence-electron chi connectivity index (χ0n) is 13.3. The van der Waals surface area contributed by atoms with E-state index in [1.807, 2.05) is 0 Å². The van der Waals surface area contributed by atoms with Gasteiger partial charge in [-0.15, -0.1) is 0 Å². The minimum absolute atomic E-state index is 0.00936. The summed E-state index contributed by atoms with van der Waals surface area (Å²) in [5.41, 5.74) is 0.539. The Balaban J connectivity index is 1.88. The molecule has 2 aromatic rings. The lowest BCUT2D eigenvalue weighted by Crippen LogP contribution is -2.30. The number of rotatable bonds is 4. The lowest BCUT2D eigenvalue weighted by molar-refractivity contribution is -0.123. The molecule has 0 aliphatic carbocycles. The molecule has 3 rings (SSSR count). The van der Waals surface area contributed by atoms with E-state index in [0.29, 0.717) is 5.56 Å². The van der Waals surface area contributed by atoms with Crippen LogP contribution in [0.2, 0.25) is 0 Å². The third-order valence-corrected chi connectivity index (χ3v) is 3.80. The van der Waals surface area contributed by atoms with E-state index >= 15 is 0 Å². The SMILES string of the molecule is COc1cccc(/C=C2/NC(=O)N(Cc3ccccc3F)C2=O)c1O. The minimum Gasteiger partial charge on any atom is -0.504 e. The maximum atomic E-state index is 13.7. The van der Waals surface area contributed by atoms with Gasteiger partial charge in [0.1, 0.15) is 11.5 Å². The third-order valence-electron chi connectivity index (χ3n) is 3.80. The number of nitrogens with zero attached hydrogens (tertiary/aromatic N) is 1. The molecule has 1 heterocycles. The molecule has 0 unspecified atom stereocenters. The number of benzene rings is 2. The second-order valence-electron chi connectivity index (χ2n) is 5.37. The van der Waals surface area contributed by atoms with Gasteiger partial charge in [0.2, 0.25) is 0 Å². The van der Waals surface area contributed by atoms with Gasteiger partial charge in [0.05, 0.1) is 13.7 Å². The van der Waals surface area contributed by atoms with Crippen molar-refractivity contribution in [3.63, 3.8) is 0 Å². The Morgan fingerprint density at radius 2 is 1.96 bits per heavy atom. The fraction of sp³-hybridized carbons (Fsp3) is 0.111. The highest BCUT2D eigenvalue weighted by molar-refractivity contribution is 6.14. The van der Waals surface area contributed by atoms with Crippen LogP contribution >= 0.6 is 0 Å². The van der Waals surface area contributed by atoms with Crippen molar-refractivity contribution in [1.82, 2.24) is 10.2 Å². The summed E-state index contributed by atoms with van der Waals surface area (Å²) in [4.78, 5) is 25.4. The van der Waals surface area contributed by atoms with Crippen molar-refractivity contribution in [3.05, 3.63) is 65.1 Å². The van der Waals surface area contributed by atoms with Crippen LogP contribution in [0.15, 0.2) is 48.2 Å². The molecule has 0 spiro atoms. The van der Waals surface area contributed by atoms with Crippen molar-refractivity contribution in [2.24, 2.45) is 0 Å². The predicted molar refractivity (Wildman–Crippen MR) is 88.1 cm³/mol. The molecule has 1 fully saturated rings. The highest BCUT2D eigenvalue weighted by Gasteiger charge is 2.34. The largest absolute Gasteiger partial charge is 0.504 e. The first kappa shape index (κ1) is 16.5. The van der Waals surface area contributed by atoms with Crippen LogP contribution in [0.4, 0.5) is 9.18 Å². The van der Waals surface area contributed by atoms with E-state index in [2.05, 4.69) is 5.32 Å². The van der Waals surface area contributed by atoms with Gasteiger partial charge >= 0.3 is 6.03 Å². The molecular weight excluding hydrogens is 327 g/mol. The van der Waals surface area contributed by atoms with Crippen LogP contribution in [-0.4, -0.2) is 29.1 Å². The summed E-state index contributed by atoms with van der Waals surface area (Å²) >= 11 is 0. The Bertz CT molecular complexity index is 879. The molecule has 2 aromatic carbocycles. The van der Waals surface area contributed by atoms with Crippen molar-refractivity contribution in [3.8, 4) is 11.5 Å². The van der Waals surface area contributed by atoms with Crippen LogP contribution < -0.4 is 10.1 Å². The number of ether oxygens (including phenoxy) is 1. The normalized spacial score (nSPS) is 15.6. The molecule has 7 heteroatoms. The Morgan fingerprint density at radius 3 is 2.68 bits per heavy atom. The quantitative estimate of drug-likeness (QED) is 0.661. The number of aromatic hydroxyl groups is 1. The van der Waals surface area contributed by atoms with Gasteiger partial charge in [0.15, 0.2) is 11.5 Å². The number of hydrogen-bond donors (Lipinski definition) is 2. The molecule has 1 aliphatic heterocycles. The van der Waals surface area contributed by atoms with E-state index in [1.165, 1.54) is 31.4 Å². The van der Waals surface area contributed by atoms with Crippen LogP contribution in [0.5, 0.6) is 11.5 Å². The van der Waals surface area contributed by atoms with Gasteiger partial charge in [-0.1, -0.05) is 30.3 Å².